The Morgan fingerprint density at radius 1 is 0.643 bits per heavy atom. The third kappa shape index (κ3) is 533. The molecule has 0 atom stereocenters. The minimum Gasteiger partial charge on any atom is -0.344 e. The van der Waals surface area contributed by atoms with Crippen LogP contribution in [0.4, 0.5) is 0 Å². The van der Waals surface area contributed by atoms with Gasteiger partial charge in [-0.25, -0.2) is 9.13 Å². The fourth-order valence-corrected chi connectivity index (χ4v) is 0. The largest absolute Gasteiger partial charge is 1.00 e. The van der Waals surface area contributed by atoms with E-state index in [1.54, 1.807) is 0 Å². The van der Waals surface area contributed by atoms with Crippen molar-refractivity contribution in [3.8, 4) is 0 Å². The molecule has 0 aromatic heterocycles. The van der Waals surface area contributed by atoms with Crippen molar-refractivity contribution in [2.75, 3.05) is 0 Å². The molecule has 0 heterocycles. The Labute approximate surface area is 132 Å². The van der Waals surface area contributed by atoms with E-state index in [9.17, 15) is 0 Å². The molecule has 0 aromatic rings. The first-order valence-electron chi connectivity index (χ1n) is 1.57. The Balaban J connectivity index is -0.00000000508. The predicted octanol–water partition coefficient (Wildman–Crippen LogP) is -6.96. The molecular weight excluding hydrogens is 264 g/mol. The Morgan fingerprint density at radius 2 is 0.643 bits per heavy atom. The van der Waals surface area contributed by atoms with Gasteiger partial charge in [-0.3, -0.25) is 0 Å². The minimum atomic E-state index is -4.64. The van der Waals surface area contributed by atoms with Crippen molar-refractivity contribution >= 4 is 15.6 Å². The Hall–Kier alpha value is 2.14. The van der Waals surface area contributed by atoms with Crippen LogP contribution >= 0.6 is 15.6 Å². The monoisotopic (exact) mass is 281 g/mol. The van der Waals surface area contributed by atoms with E-state index < -0.39 is 15.6 Å². The van der Waals surface area contributed by atoms with Crippen molar-refractivity contribution in [3.63, 3.8) is 0 Å². The molecular formula is H17N2Na2O8P2+7. The Kier molecular flexibility index (Phi) is 38.9. The van der Waals surface area contributed by atoms with Crippen molar-refractivity contribution in [1.29, 1.82) is 0 Å². The average molecular weight is 281 g/mol. The van der Waals surface area contributed by atoms with Gasteiger partial charge >= 0.3 is 81.9 Å². The van der Waals surface area contributed by atoms with Crippen LogP contribution in [0.5, 0.6) is 0 Å². The van der Waals surface area contributed by atoms with Crippen LogP contribution in [-0.4, -0.2) is 29.4 Å². The fourth-order valence-electron chi connectivity index (χ4n) is 0. The van der Waals surface area contributed by atoms with Gasteiger partial charge in [0.2, 0.25) is 0 Å². The van der Waals surface area contributed by atoms with Crippen molar-refractivity contribution in [1.82, 2.24) is 12.3 Å². The Bertz CT molecular complexity index is 151. The first kappa shape index (κ1) is 36.0. The zero-order chi connectivity index (χ0) is 9.00. The topological polar surface area (TPSA) is 226 Å². The van der Waals surface area contributed by atoms with E-state index in [0.717, 1.165) is 0 Å². The first-order valence-corrected chi connectivity index (χ1v) is 4.70. The van der Waals surface area contributed by atoms with Crippen molar-refractivity contribution in [2.45, 2.75) is 0 Å². The second kappa shape index (κ2) is 15.1. The van der Waals surface area contributed by atoms with Gasteiger partial charge in [0.05, 0.1) is 0 Å². The minimum absolute atomic E-state index is 0. The van der Waals surface area contributed by atoms with Crippen molar-refractivity contribution < 1.29 is 105 Å². The van der Waals surface area contributed by atoms with Crippen molar-refractivity contribution in [2.24, 2.45) is 0 Å². The first-order chi connectivity index (χ1) is 4.00. The molecule has 0 rings (SSSR count). The number of hydrogen-bond acceptors (Lipinski definition) is 4. The van der Waals surface area contributed by atoms with Crippen LogP contribution in [0.3, 0.4) is 0 Å². The van der Waals surface area contributed by atoms with Gasteiger partial charge in [-0.1, -0.05) is 0 Å². The molecule has 0 radical (unpaired) electrons. The molecule has 0 aromatic carbocycles. The summed E-state index contributed by atoms with van der Waals surface area (Å²) in [5, 5.41) is 0. The van der Waals surface area contributed by atoms with Gasteiger partial charge in [0, 0.05) is 0 Å². The second-order valence-corrected chi connectivity index (χ2v) is 3.08. The smallest absolute Gasteiger partial charge is 0.344 e. The molecule has 0 unspecified atom stereocenters. The molecule has 80 valence electrons. The molecule has 10 nitrogen and oxygen atoms in total. The van der Waals surface area contributed by atoms with Crippen LogP contribution in [0.2, 0.25) is 0 Å². The van der Waals surface area contributed by atoms with Gasteiger partial charge in [-0.05, 0) is 0 Å². The van der Waals surface area contributed by atoms with E-state index in [-0.39, 0.29) is 78.5 Å². The zero-order valence-corrected chi connectivity index (χ0v) is 13.6. The van der Waals surface area contributed by atoms with Gasteiger partial charge in [0.1, 0.15) is 0 Å². The summed E-state index contributed by atoms with van der Waals surface area (Å²) < 4.78 is 17.8. The summed E-state index contributed by atoms with van der Waals surface area (Å²) in [5.74, 6) is 0. The fraction of sp³-hybridized carbons (Fsp3) is 0. The molecule has 14 heavy (non-hydrogen) atoms. The van der Waals surface area contributed by atoms with E-state index in [4.69, 9.17) is 38.5 Å². The van der Waals surface area contributed by atoms with Gasteiger partial charge in [-0.2, -0.15) is 0 Å². The van der Waals surface area contributed by atoms with E-state index in [1.165, 1.54) is 0 Å². The van der Waals surface area contributed by atoms with Gasteiger partial charge in [-0.15, -0.1) is 0 Å². The quantitative estimate of drug-likeness (QED) is 0.154. The zero-order valence-electron chi connectivity index (χ0n) is 12.8. The summed E-state index contributed by atoms with van der Waals surface area (Å²) >= 11 is 0. The third-order valence-electron chi connectivity index (χ3n) is 0. The average Bonchev–Trinajstić information content (AvgIpc) is 1.12. The molecule has 0 aliphatic rings. The molecule has 0 bridgehead atoms. The van der Waals surface area contributed by atoms with Crippen LogP contribution in [0, 0.1) is 0 Å². The molecule has 0 saturated carbocycles. The maximum absolute atomic E-state index is 8.88. The molecule has 0 fully saturated rings. The van der Waals surface area contributed by atoms with Crippen LogP contribution in [0.25, 0.3) is 0 Å². The molecule has 14 heteroatoms. The van der Waals surface area contributed by atoms with Crippen LogP contribution < -0.4 is 71.4 Å². The van der Waals surface area contributed by atoms with E-state index in [2.05, 4.69) is 0 Å². The second-order valence-electron chi connectivity index (χ2n) is 1.03. The molecule has 0 spiro atoms. The predicted molar refractivity (Wildman–Crippen MR) is 44.1 cm³/mol. The van der Waals surface area contributed by atoms with E-state index in [1.807, 2.05) is 0 Å². The Morgan fingerprint density at radius 3 is 0.643 bits per heavy atom. The summed E-state index contributed by atoms with van der Waals surface area (Å²) in [7, 11) is -9.28. The van der Waals surface area contributed by atoms with Gasteiger partial charge in [0.15, 0.2) is 0 Å². The normalized spacial score (nSPS) is 8.43. The van der Waals surface area contributed by atoms with Gasteiger partial charge in [0.25, 0.3) is 0 Å². The van der Waals surface area contributed by atoms with Gasteiger partial charge < -0.3 is 41.7 Å². The summed E-state index contributed by atoms with van der Waals surface area (Å²) in [6.45, 7) is 0. The van der Waals surface area contributed by atoms with Crippen LogP contribution in [0.15, 0.2) is 0 Å². The maximum atomic E-state index is 8.88. The summed E-state index contributed by atoms with van der Waals surface area (Å²) in [6.07, 6.45) is 0. The summed E-state index contributed by atoms with van der Waals surface area (Å²) in [6, 6.07) is 0. The summed E-state index contributed by atoms with van der Waals surface area (Å²) in [5.41, 5.74) is 0. The molecule has 0 saturated heterocycles. The van der Waals surface area contributed by atoms with E-state index in [0.29, 0.717) is 0 Å². The molecule has 0 aliphatic heterocycles. The maximum Gasteiger partial charge on any atom is 1.00 e. The third-order valence-corrected chi connectivity index (χ3v) is 0. The van der Waals surface area contributed by atoms with Crippen LogP contribution in [-0.2, 0) is 9.13 Å². The van der Waals surface area contributed by atoms with E-state index >= 15 is 0 Å². The molecule has 0 aliphatic carbocycles. The number of hydrogen-bond donors (Lipinski definition) is 8. The molecule has 0 amide bonds. The number of rotatable bonds is 0. The summed E-state index contributed by atoms with van der Waals surface area (Å²) in [4.78, 5) is 43.1. The molecule has 12 N–H and O–H groups in total. The van der Waals surface area contributed by atoms with Crippen molar-refractivity contribution in [3.05, 3.63) is 0 Å². The number of phosphoric acid groups is 2. The standard InChI is InChI=1S/2H3N.2Na.2H3O4P/c;;;;2*1-5(2,3)4/h2*1H3;;;2*(H3,1,2,3,4)/q;;2*+1;;/p+5. The van der Waals surface area contributed by atoms with Crippen LogP contribution in [0.1, 0.15) is 7.13 Å². The SMILES string of the molecule is N.N.O=P(O)(O)O.O=P(O)(O)O.[H+].[H+].[H+].[H+].[H+].[Na+].[Na+].